The van der Waals surface area contributed by atoms with Gasteiger partial charge in [0.05, 0.1) is 0 Å². The molecule has 0 aliphatic heterocycles. The quantitative estimate of drug-likeness (QED) is 0.804. The molecular weight excluding hydrogens is 291 g/mol. The van der Waals surface area contributed by atoms with E-state index in [1.807, 2.05) is 60.7 Å². The van der Waals surface area contributed by atoms with Gasteiger partial charge in [-0.05, 0) is 0 Å². The van der Waals surface area contributed by atoms with Gasteiger partial charge in [0, 0.05) is 0 Å². The summed E-state index contributed by atoms with van der Waals surface area (Å²) >= 11 is 7.26. The number of aliphatic hydroxyl groups is 2. The number of aliphatic hydroxyl groups excluding tert-OH is 2. The van der Waals surface area contributed by atoms with Crippen molar-refractivity contribution < 1.29 is 10.2 Å². The number of hydrogen-bond acceptors (Lipinski definition) is 2. The first kappa shape index (κ1) is 15.5. The van der Waals surface area contributed by atoms with Gasteiger partial charge in [0.25, 0.3) is 0 Å². The third kappa shape index (κ3) is 2.62. The van der Waals surface area contributed by atoms with E-state index in [-0.39, 0.29) is 13.2 Å². The van der Waals surface area contributed by atoms with Gasteiger partial charge < -0.3 is 0 Å². The molecule has 0 heterocycles. The van der Waals surface area contributed by atoms with Gasteiger partial charge in [-0.3, -0.25) is 0 Å². The summed E-state index contributed by atoms with van der Waals surface area (Å²) in [4.78, 5) is 0. The molecule has 0 saturated carbocycles. The Labute approximate surface area is 124 Å². The van der Waals surface area contributed by atoms with Crippen molar-refractivity contribution >= 4 is 27.8 Å². The van der Waals surface area contributed by atoms with E-state index in [4.69, 9.17) is 11.2 Å². The Morgan fingerprint density at radius 3 is 1.35 bits per heavy atom. The molecule has 0 saturated heterocycles. The first-order valence-corrected chi connectivity index (χ1v) is 10.2. The van der Waals surface area contributed by atoms with Crippen LogP contribution in [0.1, 0.15) is 0 Å². The zero-order valence-corrected chi connectivity index (χ0v) is 13.0. The van der Waals surface area contributed by atoms with E-state index < -0.39 is 5.96 Å². The monoisotopic (exact) mass is 310 g/mol. The van der Waals surface area contributed by atoms with Crippen LogP contribution < -0.4 is 10.6 Å². The third-order valence-corrected chi connectivity index (χ3v) is 11.2. The molecule has 2 N–H and O–H groups in total. The number of rotatable bonds is 6. The molecule has 0 radical (unpaired) electrons. The molecule has 108 valence electrons. The minimum atomic E-state index is -3.07. The molecule has 20 heavy (non-hydrogen) atoms. The van der Waals surface area contributed by atoms with Crippen molar-refractivity contribution in [3.05, 3.63) is 60.7 Å². The van der Waals surface area contributed by atoms with Crippen molar-refractivity contribution in [2.24, 2.45) is 0 Å². The summed E-state index contributed by atoms with van der Waals surface area (Å²) in [5, 5.41) is 21.2. The Morgan fingerprint density at radius 2 is 1.05 bits per heavy atom. The standard InChI is InChI=1S/C16H20ClO2P/c17-20(13-11-18,14-12-19,15-7-3-1-4-8-15)16-9-5-2-6-10-16/h1-10,18-19H,11-14H2. The number of halogens is 1. The normalized spacial score (nSPS) is 13.7. The summed E-state index contributed by atoms with van der Waals surface area (Å²) < 4.78 is 0. The summed E-state index contributed by atoms with van der Waals surface area (Å²) in [7, 11) is 0. The van der Waals surface area contributed by atoms with Gasteiger partial charge in [-0.2, -0.15) is 0 Å². The van der Waals surface area contributed by atoms with Crippen LogP contribution in [0.4, 0.5) is 0 Å². The van der Waals surface area contributed by atoms with E-state index in [0.29, 0.717) is 12.3 Å². The Morgan fingerprint density at radius 1 is 0.700 bits per heavy atom. The molecule has 2 rings (SSSR count). The predicted molar refractivity (Wildman–Crippen MR) is 88.8 cm³/mol. The van der Waals surface area contributed by atoms with Gasteiger partial charge in [-0.1, -0.05) is 0 Å². The summed E-state index contributed by atoms with van der Waals surface area (Å²) in [6, 6.07) is 19.7. The second kappa shape index (κ2) is 6.24. The van der Waals surface area contributed by atoms with Gasteiger partial charge in [-0.15, -0.1) is 0 Å². The molecular formula is C16H20ClO2P. The average molecular weight is 311 g/mol. The zero-order valence-electron chi connectivity index (χ0n) is 11.3. The molecule has 0 atom stereocenters. The molecule has 2 nitrogen and oxygen atoms in total. The van der Waals surface area contributed by atoms with Crippen molar-refractivity contribution in [3.8, 4) is 0 Å². The molecule has 2 aromatic carbocycles. The number of benzene rings is 2. The first-order chi connectivity index (χ1) is 9.64. The van der Waals surface area contributed by atoms with E-state index in [2.05, 4.69) is 0 Å². The zero-order chi connectivity index (χ0) is 14.5. The maximum atomic E-state index is 9.58. The van der Waals surface area contributed by atoms with Crippen molar-refractivity contribution in [1.29, 1.82) is 0 Å². The topological polar surface area (TPSA) is 40.5 Å². The fraction of sp³-hybridized carbons (Fsp3) is 0.250. The van der Waals surface area contributed by atoms with E-state index in [9.17, 15) is 10.2 Å². The second-order valence-electron chi connectivity index (χ2n) is 4.94. The summed E-state index contributed by atoms with van der Waals surface area (Å²) in [6.45, 7) is 0.0101. The molecule has 0 bridgehead atoms. The van der Waals surface area contributed by atoms with Gasteiger partial charge in [0.2, 0.25) is 0 Å². The second-order valence-corrected chi connectivity index (χ2v) is 12.1. The van der Waals surface area contributed by atoms with Crippen molar-refractivity contribution in [2.45, 2.75) is 0 Å². The maximum absolute atomic E-state index is 9.58. The molecule has 4 heteroatoms. The molecule has 0 spiro atoms. The molecule has 0 fully saturated rings. The van der Waals surface area contributed by atoms with E-state index >= 15 is 0 Å². The van der Waals surface area contributed by atoms with E-state index in [0.717, 1.165) is 10.6 Å². The number of hydrogen-bond donors (Lipinski definition) is 2. The summed E-state index contributed by atoms with van der Waals surface area (Å²) in [5.74, 6) is -3.07. The van der Waals surface area contributed by atoms with Crippen LogP contribution in [0.5, 0.6) is 0 Å². The minimum absolute atomic E-state index is 0.00507. The first-order valence-electron chi connectivity index (χ1n) is 6.70. The van der Waals surface area contributed by atoms with Crippen LogP contribution in [0.25, 0.3) is 0 Å². The molecule has 0 amide bonds. The van der Waals surface area contributed by atoms with Crippen LogP contribution >= 0.6 is 17.2 Å². The van der Waals surface area contributed by atoms with Gasteiger partial charge in [0.1, 0.15) is 0 Å². The Balaban J connectivity index is 2.70. The van der Waals surface area contributed by atoms with E-state index in [1.54, 1.807) is 0 Å². The van der Waals surface area contributed by atoms with Crippen molar-refractivity contribution in [3.63, 3.8) is 0 Å². The van der Waals surface area contributed by atoms with Crippen LogP contribution in [-0.2, 0) is 0 Å². The molecule has 0 aromatic heterocycles. The fourth-order valence-corrected chi connectivity index (χ4v) is 7.96. The Kier molecular flexibility index (Phi) is 4.82. The molecule has 2 aromatic rings. The van der Waals surface area contributed by atoms with Crippen molar-refractivity contribution in [1.82, 2.24) is 0 Å². The van der Waals surface area contributed by atoms with Gasteiger partial charge in [0.15, 0.2) is 0 Å². The molecule has 0 aliphatic carbocycles. The average Bonchev–Trinajstić information content (AvgIpc) is 2.50. The van der Waals surface area contributed by atoms with Crippen LogP contribution in [-0.4, -0.2) is 35.8 Å². The van der Waals surface area contributed by atoms with Crippen LogP contribution in [0.3, 0.4) is 0 Å². The summed E-state index contributed by atoms with van der Waals surface area (Å²) in [5.41, 5.74) is 0. The van der Waals surface area contributed by atoms with Crippen LogP contribution in [0, 0.1) is 0 Å². The Bertz CT molecular complexity index is 495. The van der Waals surface area contributed by atoms with E-state index in [1.165, 1.54) is 0 Å². The van der Waals surface area contributed by atoms with Crippen LogP contribution in [0.2, 0.25) is 0 Å². The summed E-state index contributed by atoms with van der Waals surface area (Å²) in [6.07, 6.45) is 0.948. The predicted octanol–water partition coefficient (Wildman–Crippen LogP) is 2.33. The SMILES string of the molecule is OCCP(Cl)(CCO)(c1ccccc1)c1ccccc1. The van der Waals surface area contributed by atoms with Gasteiger partial charge in [-0.25, -0.2) is 0 Å². The van der Waals surface area contributed by atoms with Gasteiger partial charge >= 0.3 is 124 Å². The third-order valence-electron chi connectivity index (χ3n) is 3.83. The fourth-order valence-electron chi connectivity index (χ4n) is 2.73. The van der Waals surface area contributed by atoms with Crippen molar-refractivity contribution in [2.75, 3.05) is 25.5 Å². The molecule has 0 aliphatic rings. The van der Waals surface area contributed by atoms with Crippen LogP contribution in [0.15, 0.2) is 60.7 Å². The Hall–Kier alpha value is -0.920. The molecule has 0 unspecified atom stereocenters.